The second kappa shape index (κ2) is 6.41. The molecule has 0 N–H and O–H groups in total. The van der Waals surface area contributed by atoms with Crippen molar-refractivity contribution in [2.75, 3.05) is 18.1 Å². The van der Waals surface area contributed by atoms with Crippen LogP contribution in [0.5, 0.6) is 5.75 Å². The van der Waals surface area contributed by atoms with E-state index < -0.39 is 0 Å². The Hall–Kier alpha value is -2.00. The van der Waals surface area contributed by atoms with Gasteiger partial charge in [0.1, 0.15) is 12.4 Å². The van der Waals surface area contributed by atoms with Crippen LogP contribution in [0.15, 0.2) is 42.5 Å². The molecule has 1 amide bonds. The van der Waals surface area contributed by atoms with E-state index in [0.717, 1.165) is 27.6 Å². The number of aryl methyl sites for hydroxylation is 2. The number of anilines is 1. The van der Waals surface area contributed by atoms with Crippen molar-refractivity contribution >= 4 is 23.2 Å². The van der Waals surface area contributed by atoms with Crippen molar-refractivity contribution in [3.05, 3.63) is 58.6 Å². The first-order chi connectivity index (χ1) is 10.6. The molecule has 0 radical (unpaired) electrons. The molecule has 2 aromatic carbocycles. The van der Waals surface area contributed by atoms with Crippen molar-refractivity contribution < 1.29 is 9.53 Å². The molecule has 1 heterocycles. The first-order valence-corrected chi connectivity index (χ1v) is 7.80. The molecule has 0 saturated carbocycles. The van der Waals surface area contributed by atoms with E-state index in [9.17, 15) is 4.79 Å². The molecular formula is C18H18ClNO2. The van der Waals surface area contributed by atoms with Crippen LogP contribution in [-0.2, 0) is 11.2 Å². The lowest BCUT2D eigenvalue weighted by molar-refractivity contribution is -0.118. The highest BCUT2D eigenvalue weighted by atomic mass is 35.5. The minimum atomic E-state index is 0.118. The topological polar surface area (TPSA) is 29.5 Å². The molecule has 0 bridgehead atoms. The molecule has 0 saturated heterocycles. The molecule has 1 aliphatic heterocycles. The summed E-state index contributed by atoms with van der Waals surface area (Å²) in [6.07, 6.45) is 1.16. The van der Waals surface area contributed by atoms with Gasteiger partial charge in [0.15, 0.2) is 0 Å². The lowest BCUT2D eigenvalue weighted by Gasteiger charge is -2.29. The Kier molecular flexibility index (Phi) is 4.34. The number of fused-ring (bicyclic) bond motifs is 1. The zero-order valence-electron chi connectivity index (χ0n) is 12.5. The average molecular weight is 316 g/mol. The van der Waals surface area contributed by atoms with Gasteiger partial charge < -0.3 is 9.64 Å². The molecule has 4 heteroatoms. The predicted molar refractivity (Wildman–Crippen MR) is 88.8 cm³/mol. The smallest absolute Gasteiger partial charge is 0.227 e. The van der Waals surface area contributed by atoms with Crippen LogP contribution >= 0.6 is 11.6 Å². The Balaban J connectivity index is 1.69. The van der Waals surface area contributed by atoms with Gasteiger partial charge in [0.2, 0.25) is 5.91 Å². The number of nitrogens with zero attached hydrogens (tertiary/aromatic N) is 1. The van der Waals surface area contributed by atoms with Crippen molar-refractivity contribution in [2.24, 2.45) is 0 Å². The zero-order valence-corrected chi connectivity index (χ0v) is 13.3. The maximum atomic E-state index is 12.5. The molecule has 114 valence electrons. The van der Waals surface area contributed by atoms with Gasteiger partial charge in [-0.3, -0.25) is 4.79 Å². The standard InChI is InChI=1S/C18H18ClNO2/c1-13-6-7-14(12-15(13)19)8-9-18(21)20-10-11-22-17-5-3-2-4-16(17)20/h2-7,12H,8-11H2,1H3. The van der Waals surface area contributed by atoms with Crippen LogP contribution in [0.3, 0.4) is 0 Å². The molecule has 0 spiro atoms. The van der Waals surface area contributed by atoms with E-state index in [2.05, 4.69) is 0 Å². The minimum Gasteiger partial charge on any atom is -0.490 e. The van der Waals surface area contributed by atoms with E-state index in [1.807, 2.05) is 54.3 Å². The van der Waals surface area contributed by atoms with Gasteiger partial charge in [-0.25, -0.2) is 0 Å². The Morgan fingerprint density at radius 2 is 2.09 bits per heavy atom. The Morgan fingerprint density at radius 1 is 1.27 bits per heavy atom. The Morgan fingerprint density at radius 3 is 2.91 bits per heavy atom. The molecule has 0 atom stereocenters. The molecule has 22 heavy (non-hydrogen) atoms. The summed E-state index contributed by atoms with van der Waals surface area (Å²) in [6, 6.07) is 13.6. The molecule has 3 rings (SSSR count). The number of carbonyl (C=O) groups excluding carboxylic acids is 1. The van der Waals surface area contributed by atoms with Crippen molar-refractivity contribution in [1.29, 1.82) is 0 Å². The lowest BCUT2D eigenvalue weighted by atomic mass is 10.1. The highest BCUT2D eigenvalue weighted by Crippen LogP contribution is 2.31. The van der Waals surface area contributed by atoms with Gasteiger partial charge in [-0.2, -0.15) is 0 Å². The highest BCUT2D eigenvalue weighted by Gasteiger charge is 2.22. The molecule has 1 aliphatic rings. The first-order valence-electron chi connectivity index (χ1n) is 7.42. The average Bonchev–Trinajstić information content (AvgIpc) is 2.55. The molecule has 2 aromatic rings. The van der Waals surface area contributed by atoms with Gasteiger partial charge in [-0.1, -0.05) is 35.9 Å². The fourth-order valence-electron chi connectivity index (χ4n) is 2.61. The predicted octanol–water partition coefficient (Wildman–Crippen LogP) is 4.01. The van der Waals surface area contributed by atoms with Gasteiger partial charge >= 0.3 is 0 Å². The van der Waals surface area contributed by atoms with Crippen LogP contribution in [0.2, 0.25) is 5.02 Å². The summed E-state index contributed by atoms with van der Waals surface area (Å²) in [4.78, 5) is 14.3. The fraction of sp³-hybridized carbons (Fsp3) is 0.278. The molecule has 0 unspecified atom stereocenters. The van der Waals surface area contributed by atoms with Crippen LogP contribution < -0.4 is 9.64 Å². The van der Waals surface area contributed by atoms with E-state index in [1.54, 1.807) is 0 Å². The maximum absolute atomic E-state index is 12.5. The summed E-state index contributed by atoms with van der Waals surface area (Å²) in [6.45, 7) is 3.12. The number of halogens is 1. The van der Waals surface area contributed by atoms with E-state index in [1.165, 1.54) is 0 Å². The van der Waals surface area contributed by atoms with Crippen molar-refractivity contribution in [3.63, 3.8) is 0 Å². The monoisotopic (exact) mass is 315 g/mol. The Labute approximate surface area is 135 Å². The number of rotatable bonds is 3. The summed E-state index contributed by atoms with van der Waals surface area (Å²) in [5.41, 5.74) is 3.00. The molecule has 0 aliphatic carbocycles. The normalized spacial score (nSPS) is 13.5. The van der Waals surface area contributed by atoms with E-state index >= 15 is 0 Å². The molecule has 3 nitrogen and oxygen atoms in total. The highest BCUT2D eigenvalue weighted by molar-refractivity contribution is 6.31. The lowest BCUT2D eigenvalue weighted by Crippen LogP contribution is -2.38. The number of hydrogen-bond donors (Lipinski definition) is 0. The third-order valence-corrected chi connectivity index (χ3v) is 4.30. The van der Waals surface area contributed by atoms with Crippen LogP contribution in [0.25, 0.3) is 0 Å². The van der Waals surface area contributed by atoms with Gasteiger partial charge in [0, 0.05) is 11.4 Å². The van der Waals surface area contributed by atoms with E-state index in [4.69, 9.17) is 16.3 Å². The summed E-state index contributed by atoms with van der Waals surface area (Å²) in [5.74, 6) is 0.896. The maximum Gasteiger partial charge on any atom is 0.227 e. The summed E-state index contributed by atoms with van der Waals surface area (Å²) in [5, 5.41) is 0.752. The molecule has 0 aromatic heterocycles. The number of ether oxygens (including phenoxy) is 1. The van der Waals surface area contributed by atoms with Crippen molar-refractivity contribution in [2.45, 2.75) is 19.8 Å². The van der Waals surface area contributed by atoms with E-state index in [0.29, 0.717) is 26.0 Å². The number of carbonyl (C=O) groups is 1. The minimum absolute atomic E-state index is 0.118. The summed E-state index contributed by atoms with van der Waals surface area (Å²) in [7, 11) is 0. The van der Waals surface area contributed by atoms with Crippen LogP contribution in [0, 0.1) is 6.92 Å². The summed E-state index contributed by atoms with van der Waals surface area (Å²) < 4.78 is 5.58. The quantitative estimate of drug-likeness (QED) is 0.856. The third kappa shape index (κ3) is 3.09. The van der Waals surface area contributed by atoms with Gasteiger partial charge in [0.25, 0.3) is 0 Å². The largest absolute Gasteiger partial charge is 0.490 e. The number of hydrogen-bond acceptors (Lipinski definition) is 2. The number of para-hydroxylation sites is 2. The van der Waals surface area contributed by atoms with Crippen molar-refractivity contribution in [1.82, 2.24) is 0 Å². The second-order valence-electron chi connectivity index (χ2n) is 5.45. The molecular weight excluding hydrogens is 298 g/mol. The van der Waals surface area contributed by atoms with Gasteiger partial charge in [-0.15, -0.1) is 0 Å². The van der Waals surface area contributed by atoms with Crippen LogP contribution in [-0.4, -0.2) is 19.1 Å². The SMILES string of the molecule is Cc1ccc(CCC(=O)N2CCOc3ccccc32)cc1Cl. The van der Waals surface area contributed by atoms with Gasteiger partial charge in [0.05, 0.1) is 12.2 Å². The Bertz CT molecular complexity index is 699. The third-order valence-electron chi connectivity index (χ3n) is 3.89. The van der Waals surface area contributed by atoms with Crippen LogP contribution in [0.1, 0.15) is 17.5 Å². The number of amides is 1. The fourth-order valence-corrected chi connectivity index (χ4v) is 2.81. The van der Waals surface area contributed by atoms with E-state index in [-0.39, 0.29) is 5.91 Å². The van der Waals surface area contributed by atoms with Crippen molar-refractivity contribution in [3.8, 4) is 5.75 Å². The second-order valence-corrected chi connectivity index (χ2v) is 5.85. The van der Waals surface area contributed by atoms with Crippen LogP contribution in [0.4, 0.5) is 5.69 Å². The molecule has 0 fully saturated rings. The van der Waals surface area contributed by atoms with Gasteiger partial charge in [-0.05, 0) is 42.7 Å². The number of benzene rings is 2. The zero-order chi connectivity index (χ0) is 15.5. The first kappa shape index (κ1) is 14.9. The summed E-state index contributed by atoms with van der Waals surface area (Å²) >= 11 is 6.13.